The van der Waals surface area contributed by atoms with E-state index in [1.54, 1.807) is 0 Å². The molecule has 0 saturated carbocycles. The number of alkyl halides is 3. The van der Waals surface area contributed by atoms with Gasteiger partial charge in [0.25, 0.3) is 0 Å². The second-order valence-electron chi connectivity index (χ2n) is 5.43. The lowest BCUT2D eigenvalue weighted by atomic mass is 10.2. The third-order valence-corrected chi connectivity index (χ3v) is 6.97. The highest BCUT2D eigenvalue weighted by atomic mass is 35.5. The number of benzene rings is 1. The summed E-state index contributed by atoms with van der Waals surface area (Å²) < 4.78 is 86.9. The molecule has 0 atom stereocenters. The van der Waals surface area contributed by atoms with E-state index in [1.165, 1.54) is 6.07 Å². The lowest BCUT2D eigenvalue weighted by molar-refractivity contribution is -0.137. The van der Waals surface area contributed by atoms with Gasteiger partial charge in [-0.3, -0.25) is 0 Å². The van der Waals surface area contributed by atoms with Crippen molar-refractivity contribution >= 4 is 48.9 Å². The average Bonchev–Trinajstić information content (AvgIpc) is 2.85. The van der Waals surface area contributed by atoms with E-state index in [1.807, 2.05) is 0 Å². The molecule has 1 heterocycles. The summed E-state index contributed by atoms with van der Waals surface area (Å²) in [4.78, 5) is 0. The Morgan fingerprint density at radius 3 is 1.93 bits per heavy atom. The van der Waals surface area contributed by atoms with Crippen LogP contribution in [0, 0.1) is 11.3 Å². The van der Waals surface area contributed by atoms with Gasteiger partial charge in [0.1, 0.15) is 17.4 Å². The van der Waals surface area contributed by atoms with Gasteiger partial charge >= 0.3 is 6.18 Å². The van der Waals surface area contributed by atoms with E-state index in [-0.39, 0.29) is 9.40 Å². The van der Waals surface area contributed by atoms with E-state index in [0.29, 0.717) is 24.6 Å². The van der Waals surface area contributed by atoms with Crippen LogP contribution in [-0.4, -0.2) is 39.1 Å². The van der Waals surface area contributed by atoms with Gasteiger partial charge < -0.3 is 0 Å². The first-order chi connectivity index (χ1) is 12.6. The van der Waals surface area contributed by atoms with E-state index in [4.69, 9.17) is 23.2 Å². The predicted molar refractivity (Wildman–Crippen MR) is 95.5 cm³/mol. The van der Waals surface area contributed by atoms with Crippen molar-refractivity contribution in [1.29, 1.82) is 5.26 Å². The maximum atomic E-state index is 12.9. The highest BCUT2D eigenvalue weighted by molar-refractivity contribution is 8.09. The molecule has 0 unspecified atom stereocenters. The van der Waals surface area contributed by atoms with Gasteiger partial charge in [0, 0.05) is 0 Å². The van der Waals surface area contributed by atoms with Crippen molar-refractivity contribution in [3.05, 3.63) is 39.6 Å². The molecule has 0 aliphatic heterocycles. The minimum atomic E-state index is -4.73. The molecule has 152 valence electrons. The number of rotatable bonds is 4. The van der Waals surface area contributed by atoms with Crippen LogP contribution in [0.25, 0.3) is 5.69 Å². The summed E-state index contributed by atoms with van der Waals surface area (Å²) in [5.41, 5.74) is -2.73. The molecule has 8 nitrogen and oxygen atoms in total. The molecule has 28 heavy (non-hydrogen) atoms. The van der Waals surface area contributed by atoms with Gasteiger partial charge in [-0.25, -0.2) is 21.5 Å². The summed E-state index contributed by atoms with van der Waals surface area (Å²) in [6.07, 6.45) is -2.75. The summed E-state index contributed by atoms with van der Waals surface area (Å²) in [6.45, 7) is 0. The van der Waals surface area contributed by atoms with Crippen LogP contribution in [-0.2, 0) is 26.2 Å². The largest absolute Gasteiger partial charge is 0.416 e. The van der Waals surface area contributed by atoms with E-state index in [0.717, 1.165) is 10.9 Å². The van der Waals surface area contributed by atoms with Crippen LogP contribution in [0.15, 0.2) is 18.3 Å². The van der Waals surface area contributed by atoms with Crippen molar-refractivity contribution in [1.82, 2.24) is 9.78 Å². The summed E-state index contributed by atoms with van der Waals surface area (Å²) >= 11 is 11.7. The molecular formula is C13H9Cl2F3N4O4S2. The van der Waals surface area contributed by atoms with Crippen molar-refractivity contribution < 1.29 is 30.0 Å². The predicted octanol–water partition coefficient (Wildman–Crippen LogP) is 2.80. The molecule has 0 spiro atoms. The lowest BCUT2D eigenvalue weighted by Gasteiger charge is -2.17. The Kier molecular flexibility index (Phi) is 5.65. The van der Waals surface area contributed by atoms with Crippen LogP contribution in [0.3, 0.4) is 0 Å². The molecule has 0 saturated heterocycles. The highest BCUT2D eigenvalue weighted by Crippen LogP contribution is 2.38. The van der Waals surface area contributed by atoms with Crippen molar-refractivity contribution in [3.63, 3.8) is 0 Å². The molecule has 0 radical (unpaired) electrons. The number of hydrogen-bond acceptors (Lipinski definition) is 6. The Hall–Kier alpha value is -2.01. The number of anilines is 1. The van der Waals surface area contributed by atoms with Gasteiger partial charge in [-0.05, 0) is 12.1 Å². The summed E-state index contributed by atoms with van der Waals surface area (Å²) in [5, 5.41) is 11.9. The molecule has 0 N–H and O–H groups in total. The standard InChI is InChI=1S/C13H9Cl2F3N4O4S2/c1-27(23,24)22(28(2,25)26)11-6-21(20-10(11)5-19)12-8(14)3-7(4-9(12)15)13(16,17)18/h3-4,6H,1-2H3. The molecule has 0 fully saturated rings. The lowest BCUT2D eigenvalue weighted by Crippen LogP contribution is -2.35. The molecule has 0 aliphatic carbocycles. The van der Waals surface area contributed by atoms with Crippen LogP contribution < -0.4 is 3.71 Å². The Morgan fingerprint density at radius 1 is 1.11 bits per heavy atom. The van der Waals surface area contributed by atoms with Crippen LogP contribution in [0.2, 0.25) is 10.0 Å². The normalized spacial score (nSPS) is 12.6. The number of nitrogens with zero attached hydrogens (tertiary/aromatic N) is 4. The number of halogens is 5. The Bertz CT molecular complexity index is 1150. The van der Waals surface area contributed by atoms with E-state index in [2.05, 4.69) is 5.10 Å². The van der Waals surface area contributed by atoms with Crippen molar-refractivity contribution in [2.75, 3.05) is 16.2 Å². The fraction of sp³-hybridized carbons (Fsp3) is 0.231. The first-order valence-corrected chi connectivity index (χ1v) is 11.3. The third-order valence-electron chi connectivity index (χ3n) is 3.17. The summed E-state index contributed by atoms with van der Waals surface area (Å²) in [7, 11) is -8.79. The SMILES string of the molecule is CS(=O)(=O)N(c1cn(-c2c(Cl)cc(C(F)(F)F)cc2Cl)nc1C#N)S(C)(=O)=O. The summed E-state index contributed by atoms with van der Waals surface area (Å²) in [6, 6.07) is 2.63. The smallest absolute Gasteiger partial charge is 0.234 e. The van der Waals surface area contributed by atoms with E-state index >= 15 is 0 Å². The van der Waals surface area contributed by atoms with Crippen LogP contribution >= 0.6 is 23.2 Å². The fourth-order valence-corrected chi connectivity index (χ4v) is 5.85. The molecule has 0 aliphatic rings. The van der Waals surface area contributed by atoms with Gasteiger partial charge in [-0.1, -0.05) is 23.2 Å². The third kappa shape index (κ3) is 4.35. The van der Waals surface area contributed by atoms with Gasteiger partial charge in [-0.2, -0.15) is 27.2 Å². The topological polar surface area (TPSA) is 113 Å². The first-order valence-electron chi connectivity index (χ1n) is 6.84. The monoisotopic (exact) mass is 476 g/mol. The molecule has 1 aromatic heterocycles. The first kappa shape index (κ1) is 22.3. The number of nitriles is 1. The molecule has 1 aromatic carbocycles. The molecular weight excluding hydrogens is 468 g/mol. The minimum absolute atomic E-state index is 0.0338. The van der Waals surface area contributed by atoms with Crippen molar-refractivity contribution in [2.45, 2.75) is 6.18 Å². The highest BCUT2D eigenvalue weighted by Gasteiger charge is 2.34. The number of aromatic nitrogens is 2. The fourth-order valence-electron chi connectivity index (χ4n) is 2.24. The second kappa shape index (κ2) is 7.11. The van der Waals surface area contributed by atoms with E-state index in [9.17, 15) is 35.3 Å². The Labute approximate surface area is 167 Å². The number of hydrogen-bond donors (Lipinski definition) is 0. The zero-order chi connectivity index (χ0) is 21.7. The zero-order valence-corrected chi connectivity index (χ0v) is 17.0. The van der Waals surface area contributed by atoms with Gasteiger partial charge in [0.2, 0.25) is 20.0 Å². The molecule has 0 amide bonds. The van der Waals surface area contributed by atoms with Gasteiger partial charge in [0.15, 0.2) is 5.69 Å². The summed E-state index contributed by atoms with van der Waals surface area (Å²) in [5.74, 6) is 0. The van der Waals surface area contributed by atoms with Gasteiger partial charge in [0.05, 0.1) is 34.3 Å². The van der Waals surface area contributed by atoms with Crippen LogP contribution in [0.1, 0.15) is 11.3 Å². The van der Waals surface area contributed by atoms with Crippen LogP contribution in [0.5, 0.6) is 0 Å². The second-order valence-corrected chi connectivity index (χ2v) is 10.1. The van der Waals surface area contributed by atoms with Crippen LogP contribution in [0.4, 0.5) is 18.9 Å². The quantitative estimate of drug-likeness (QED) is 0.670. The Balaban J connectivity index is 2.78. The minimum Gasteiger partial charge on any atom is -0.234 e. The maximum Gasteiger partial charge on any atom is 0.416 e. The van der Waals surface area contributed by atoms with Gasteiger partial charge in [-0.15, -0.1) is 0 Å². The van der Waals surface area contributed by atoms with Crippen molar-refractivity contribution in [3.8, 4) is 11.8 Å². The molecule has 0 bridgehead atoms. The molecule has 2 rings (SSSR count). The number of sulfonamides is 2. The van der Waals surface area contributed by atoms with E-state index < -0.39 is 53.2 Å². The molecule has 2 aromatic rings. The van der Waals surface area contributed by atoms with Crippen molar-refractivity contribution in [2.24, 2.45) is 0 Å². The molecule has 15 heteroatoms. The zero-order valence-electron chi connectivity index (χ0n) is 13.9. The maximum absolute atomic E-state index is 12.9. The Morgan fingerprint density at radius 2 is 1.57 bits per heavy atom. The average molecular weight is 477 g/mol.